The minimum absolute atomic E-state index is 0. The highest BCUT2D eigenvalue weighted by atomic mass is 35.5. The number of aromatic amines is 2. The molecule has 0 bridgehead atoms. The van der Waals surface area contributed by atoms with Gasteiger partial charge < -0.3 is 4.74 Å². The van der Waals surface area contributed by atoms with Crippen molar-refractivity contribution >= 4 is 46.1 Å². The zero-order valence-electron chi connectivity index (χ0n) is 17.6. The molecule has 0 aliphatic rings. The molecule has 0 radical (unpaired) electrons. The van der Waals surface area contributed by atoms with Crippen LogP contribution < -0.4 is 4.74 Å². The van der Waals surface area contributed by atoms with Crippen LogP contribution in [0, 0.1) is 5.92 Å². The highest BCUT2D eigenvalue weighted by Crippen LogP contribution is 2.27. The smallest absolute Gasteiger partial charge is 0.179 e. The first kappa shape index (κ1) is 22.0. The Morgan fingerprint density at radius 2 is 1.88 bits per heavy atom. The Balaban J connectivity index is 0.00000245. The molecular formula is C23H22Cl2N6O. The van der Waals surface area contributed by atoms with Gasteiger partial charge in [0.1, 0.15) is 22.5 Å². The van der Waals surface area contributed by atoms with Gasteiger partial charge in [0.05, 0.1) is 17.6 Å². The third-order valence-corrected chi connectivity index (χ3v) is 5.17. The first-order valence-electron chi connectivity index (χ1n) is 10.1. The van der Waals surface area contributed by atoms with Crippen molar-refractivity contribution in [2.75, 3.05) is 6.61 Å². The molecule has 5 aromatic rings. The van der Waals surface area contributed by atoms with E-state index in [1.165, 1.54) is 0 Å². The molecule has 9 heteroatoms. The molecule has 7 nitrogen and oxygen atoms in total. The van der Waals surface area contributed by atoms with Crippen LogP contribution in [0.5, 0.6) is 5.75 Å². The molecule has 0 amide bonds. The predicted octanol–water partition coefficient (Wildman–Crippen LogP) is 5.60. The number of aromatic nitrogens is 6. The number of pyridine rings is 1. The van der Waals surface area contributed by atoms with Gasteiger partial charge in [-0.25, -0.2) is 20.2 Å². The van der Waals surface area contributed by atoms with Gasteiger partial charge in [-0.2, -0.15) is 5.10 Å². The lowest BCUT2D eigenvalue weighted by Gasteiger charge is -2.13. The van der Waals surface area contributed by atoms with E-state index in [1.807, 2.05) is 48.5 Å². The predicted molar refractivity (Wildman–Crippen MR) is 129 cm³/mol. The van der Waals surface area contributed by atoms with Crippen LogP contribution in [-0.2, 0) is 6.42 Å². The largest absolute Gasteiger partial charge is 0.493 e. The van der Waals surface area contributed by atoms with Gasteiger partial charge in [-0.3, -0.25) is 5.10 Å². The molecule has 2 aromatic carbocycles. The Labute approximate surface area is 196 Å². The number of benzene rings is 2. The molecule has 0 fully saturated rings. The van der Waals surface area contributed by atoms with E-state index in [0.29, 0.717) is 35.5 Å². The molecule has 0 aliphatic carbocycles. The molecule has 2 N–H and O–H groups in total. The van der Waals surface area contributed by atoms with Crippen LogP contribution in [0.1, 0.15) is 25.1 Å². The fourth-order valence-electron chi connectivity index (χ4n) is 3.47. The molecule has 3 aromatic heterocycles. The summed E-state index contributed by atoms with van der Waals surface area (Å²) in [4.78, 5) is 14.2. The van der Waals surface area contributed by atoms with Gasteiger partial charge in [0.15, 0.2) is 5.82 Å². The van der Waals surface area contributed by atoms with Crippen LogP contribution in [0.2, 0.25) is 5.02 Å². The average molecular weight is 469 g/mol. The lowest BCUT2D eigenvalue weighted by molar-refractivity contribution is 0.269. The van der Waals surface area contributed by atoms with E-state index in [2.05, 4.69) is 34.2 Å². The Hall–Kier alpha value is -3.16. The highest BCUT2D eigenvalue weighted by Gasteiger charge is 2.14. The van der Waals surface area contributed by atoms with Crippen LogP contribution >= 0.6 is 24.0 Å². The molecule has 0 aliphatic heterocycles. The minimum atomic E-state index is 0. The van der Waals surface area contributed by atoms with Gasteiger partial charge in [0.2, 0.25) is 0 Å². The molecule has 0 saturated carbocycles. The number of nitrogens with zero attached hydrogens (tertiary/aromatic N) is 4. The van der Waals surface area contributed by atoms with Crippen LogP contribution in [-0.4, -0.2) is 37.0 Å². The molecule has 5 rings (SSSR count). The summed E-state index contributed by atoms with van der Waals surface area (Å²) in [5.74, 6) is 1.85. The molecule has 0 atom stereocenters. The topological polar surface area (TPSA) is 92.4 Å². The second-order valence-corrected chi connectivity index (χ2v) is 8.31. The van der Waals surface area contributed by atoms with E-state index < -0.39 is 0 Å². The Morgan fingerprint density at radius 3 is 2.72 bits per heavy atom. The second-order valence-electron chi connectivity index (χ2n) is 7.87. The minimum Gasteiger partial charge on any atom is -0.493 e. The SMILES string of the molecule is CC(C)COc1ccc(Cl)cc1Cc1cccc(-c2nc3ccc4[nH][nH]nc4c3n2)n1.Cl. The summed E-state index contributed by atoms with van der Waals surface area (Å²) in [6.45, 7) is 4.90. The number of hydrogen-bond acceptors (Lipinski definition) is 5. The number of nitrogens with one attached hydrogen (secondary N) is 2. The fourth-order valence-corrected chi connectivity index (χ4v) is 3.66. The summed E-state index contributed by atoms with van der Waals surface area (Å²) in [7, 11) is 0. The number of imidazole rings is 1. The van der Waals surface area contributed by atoms with Crippen LogP contribution in [0.3, 0.4) is 0 Å². The number of H-pyrrole nitrogens is 2. The molecular weight excluding hydrogens is 447 g/mol. The zero-order chi connectivity index (χ0) is 21.4. The van der Waals surface area contributed by atoms with Gasteiger partial charge in [-0.15, -0.1) is 12.4 Å². The van der Waals surface area contributed by atoms with Crippen molar-refractivity contribution in [3.63, 3.8) is 0 Å². The van der Waals surface area contributed by atoms with Gasteiger partial charge in [-0.1, -0.05) is 31.5 Å². The number of hydrogen-bond donors (Lipinski definition) is 2. The molecule has 3 heterocycles. The standard InChI is InChI=1S/C23H21ClN6O.ClH/c1-13(2)12-31-20-9-6-15(24)10-14(20)11-16-4-3-5-19(25-16)23-26-17-7-8-18-22(21(17)27-23)29-30-28-18;/h3-10,13,28,30H,11-12H2,1-2H3;1H. The van der Waals surface area contributed by atoms with Gasteiger partial charge in [0, 0.05) is 22.7 Å². The average Bonchev–Trinajstić information content (AvgIpc) is 3.40. The Bertz CT molecular complexity index is 1380. The van der Waals surface area contributed by atoms with E-state index in [1.54, 1.807) is 0 Å². The van der Waals surface area contributed by atoms with Crippen LogP contribution in [0.4, 0.5) is 0 Å². The summed E-state index contributed by atoms with van der Waals surface area (Å²) < 4.78 is 5.99. The number of ether oxygens (including phenoxy) is 1. The third kappa shape index (κ3) is 4.40. The molecule has 0 unspecified atom stereocenters. The van der Waals surface area contributed by atoms with Crippen molar-refractivity contribution in [3.8, 4) is 17.3 Å². The molecule has 32 heavy (non-hydrogen) atoms. The normalized spacial score (nSPS) is 11.2. The summed E-state index contributed by atoms with van der Waals surface area (Å²) in [5, 5.41) is 10.7. The number of rotatable bonds is 6. The van der Waals surface area contributed by atoms with Crippen LogP contribution in [0.15, 0.2) is 48.5 Å². The summed E-state index contributed by atoms with van der Waals surface area (Å²) >= 11 is 6.25. The Morgan fingerprint density at radius 1 is 1.00 bits per heavy atom. The first-order valence-corrected chi connectivity index (χ1v) is 10.5. The number of fused-ring (bicyclic) bond motifs is 3. The van der Waals surface area contributed by atoms with E-state index in [-0.39, 0.29) is 12.4 Å². The summed E-state index contributed by atoms with van der Waals surface area (Å²) in [5.41, 5.74) is 5.79. The third-order valence-electron chi connectivity index (χ3n) is 4.93. The second kappa shape index (κ2) is 9.14. The maximum Gasteiger partial charge on any atom is 0.179 e. The van der Waals surface area contributed by atoms with Crippen molar-refractivity contribution in [2.45, 2.75) is 20.3 Å². The summed E-state index contributed by atoms with van der Waals surface area (Å²) in [6.07, 6.45) is 0.598. The maximum absolute atomic E-state index is 6.25. The van der Waals surface area contributed by atoms with Crippen molar-refractivity contribution in [3.05, 3.63) is 64.8 Å². The zero-order valence-corrected chi connectivity index (χ0v) is 19.2. The fraction of sp³-hybridized carbons (Fsp3) is 0.217. The van der Waals surface area contributed by atoms with E-state index in [4.69, 9.17) is 26.3 Å². The molecule has 0 spiro atoms. The molecule has 0 saturated heterocycles. The summed E-state index contributed by atoms with van der Waals surface area (Å²) in [6, 6.07) is 15.4. The lowest BCUT2D eigenvalue weighted by Crippen LogP contribution is -2.06. The quantitative estimate of drug-likeness (QED) is 0.338. The first-order chi connectivity index (χ1) is 15.1. The van der Waals surface area contributed by atoms with E-state index >= 15 is 0 Å². The van der Waals surface area contributed by atoms with Crippen LogP contribution in [0.25, 0.3) is 33.6 Å². The van der Waals surface area contributed by atoms with Gasteiger partial charge >= 0.3 is 0 Å². The van der Waals surface area contributed by atoms with Crippen molar-refractivity contribution in [1.82, 2.24) is 30.4 Å². The van der Waals surface area contributed by atoms with Gasteiger partial charge in [0.25, 0.3) is 0 Å². The van der Waals surface area contributed by atoms with E-state index in [9.17, 15) is 0 Å². The maximum atomic E-state index is 6.25. The highest BCUT2D eigenvalue weighted by molar-refractivity contribution is 6.30. The van der Waals surface area contributed by atoms with Gasteiger partial charge in [-0.05, 0) is 48.4 Å². The van der Waals surface area contributed by atoms with E-state index in [0.717, 1.165) is 39.1 Å². The van der Waals surface area contributed by atoms with Crippen molar-refractivity contribution < 1.29 is 4.74 Å². The Kier molecular flexibility index (Phi) is 6.30. The van der Waals surface area contributed by atoms with Crippen molar-refractivity contribution in [1.29, 1.82) is 0 Å². The monoisotopic (exact) mass is 468 g/mol. The van der Waals surface area contributed by atoms with Crippen molar-refractivity contribution in [2.24, 2.45) is 5.92 Å². The number of halogens is 2. The molecule has 164 valence electrons. The lowest BCUT2D eigenvalue weighted by atomic mass is 10.1.